The highest BCUT2D eigenvalue weighted by Gasteiger charge is 2.27. The van der Waals surface area contributed by atoms with Crippen LogP contribution in [0.2, 0.25) is 0 Å². The molecule has 0 unspecified atom stereocenters. The maximum atomic E-state index is 11.7. The molecule has 1 amide bonds. The van der Waals surface area contributed by atoms with Gasteiger partial charge in [-0.15, -0.1) is 0 Å². The van der Waals surface area contributed by atoms with E-state index in [1.807, 2.05) is 13.0 Å². The number of hydrogen-bond acceptors (Lipinski definition) is 7. The monoisotopic (exact) mass is 372 g/mol. The first-order valence-corrected chi connectivity index (χ1v) is 9.07. The highest BCUT2D eigenvalue weighted by Crippen LogP contribution is 2.32. The summed E-state index contributed by atoms with van der Waals surface area (Å²) in [4.78, 5) is 34.3. The second-order valence-corrected chi connectivity index (χ2v) is 6.55. The van der Waals surface area contributed by atoms with Gasteiger partial charge < -0.3 is 19.4 Å². The Kier molecular flexibility index (Phi) is 5.73. The van der Waals surface area contributed by atoms with Crippen LogP contribution in [0.25, 0.3) is 11.5 Å². The molecule has 0 aromatic carbocycles. The first kappa shape index (κ1) is 18.9. The van der Waals surface area contributed by atoms with E-state index in [2.05, 4.69) is 20.2 Å². The standard InChI is InChI=1S/C19H24N4O4/c1-4-15-11-21-18(27-15)14-9-16(22-12(2)24)17(20-10-14)23-7-5-13(6-8-23)19(25)26-3/h9-11,13H,4-8H2,1-3H3,(H,22,24). The number of aryl methyl sites for hydroxylation is 1. The summed E-state index contributed by atoms with van der Waals surface area (Å²) in [7, 11) is 1.41. The average molecular weight is 372 g/mol. The molecule has 0 saturated carbocycles. The van der Waals surface area contributed by atoms with Crippen molar-refractivity contribution in [2.45, 2.75) is 33.1 Å². The van der Waals surface area contributed by atoms with Crippen molar-refractivity contribution in [2.75, 3.05) is 30.4 Å². The van der Waals surface area contributed by atoms with Crippen LogP contribution in [-0.2, 0) is 20.7 Å². The third-order valence-corrected chi connectivity index (χ3v) is 4.66. The number of ether oxygens (including phenoxy) is 1. The Morgan fingerprint density at radius 1 is 1.30 bits per heavy atom. The third-order valence-electron chi connectivity index (χ3n) is 4.66. The predicted octanol–water partition coefficient (Wildman–Crippen LogP) is 2.65. The average Bonchev–Trinajstić information content (AvgIpc) is 3.16. The van der Waals surface area contributed by atoms with Gasteiger partial charge in [-0.3, -0.25) is 9.59 Å². The molecule has 1 saturated heterocycles. The lowest BCUT2D eigenvalue weighted by Gasteiger charge is -2.32. The Bertz CT molecular complexity index is 825. The first-order chi connectivity index (χ1) is 13.0. The first-order valence-electron chi connectivity index (χ1n) is 9.07. The molecule has 27 heavy (non-hydrogen) atoms. The fourth-order valence-corrected chi connectivity index (χ4v) is 3.21. The van der Waals surface area contributed by atoms with Crippen molar-refractivity contribution in [1.29, 1.82) is 0 Å². The molecule has 3 heterocycles. The van der Waals surface area contributed by atoms with E-state index in [1.54, 1.807) is 12.4 Å². The van der Waals surface area contributed by atoms with Crippen molar-refractivity contribution in [2.24, 2.45) is 5.92 Å². The minimum absolute atomic E-state index is 0.0884. The zero-order valence-electron chi connectivity index (χ0n) is 15.8. The molecule has 2 aromatic heterocycles. The molecule has 0 radical (unpaired) electrons. The van der Waals surface area contributed by atoms with Crippen LogP contribution in [0.1, 0.15) is 32.4 Å². The van der Waals surface area contributed by atoms with Gasteiger partial charge in [0.25, 0.3) is 0 Å². The summed E-state index contributed by atoms with van der Waals surface area (Å²) in [6, 6.07) is 1.82. The van der Waals surface area contributed by atoms with E-state index in [9.17, 15) is 9.59 Å². The van der Waals surface area contributed by atoms with Crippen LogP contribution >= 0.6 is 0 Å². The number of pyridine rings is 1. The largest absolute Gasteiger partial charge is 0.469 e. The summed E-state index contributed by atoms with van der Waals surface area (Å²) in [5.74, 6) is 1.51. The lowest BCUT2D eigenvalue weighted by molar-refractivity contribution is -0.146. The molecule has 0 aliphatic carbocycles. The van der Waals surface area contributed by atoms with E-state index in [4.69, 9.17) is 9.15 Å². The van der Waals surface area contributed by atoms with Crippen molar-refractivity contribution in [1.82, 2.24) is 9.97 Å². The van der Waals surface area contributed by atoms with Crippen LogP contribution in [0.3, 0.4) is 0 Å². The van der Waals surface area contributed by atoms with Crippen molar-refractivity contribution in [3.63, 3.8) is 0 Å². The number of aromatic nitrogens is 2. The zero-order chi connectivity index (χ0) is 19.4. The number of carbonyl (C=O) groups is 2. The molecule has 8 heteroatoms. The predicted molar refractivity (Wildman–Crippen MR) is 100 cm³/mol. The minimum atomic E-state index is -0.179. The Morgan fingerprint density at radius 3 is 2.63 bits per heavy atom. The number of piperidine rings is 1. The van der Waals surface area contributed by atoms with Gasteiger partial charge in [0.1, 0.15) is 5.76 Å². The molecule has 0 atom stereocenters. The van der Waals surface area contributed by atoms with Gasteiger partial charge in [0.15, 0.2) is 5.82 Å². The van der Waals surface area contributed by atoms with E-state index < -0.39 is 0 Å². The normalized spacial score (nSPS) is 14.9. The Balaban J connectivity index is 1.84. The number of anilines is 2. The second-order valence-electron chi connectivity index (χ2n) is 6.55. The fraction of sp³-hybridized carbons (Fsp3) is 0.474. The Hall–Kier alpha value is -2.90. The molecule has 0 spiro atoms. The summed E-state index contributed by atoms with van der Waals surface area (Å²) in [5.41, 5.74) is 1.31. The number of hydrogen-bond donors (Lipinski definition) is 1. The number of rotatable bonds is 5. The Morgan fingerprint density at radius 2 is 2.04 bits per heavy atom. The molecule has 1 fully saturated rings. The maximum Gasteiger partial charge on any atom is 0.308 e. The van der Waals surface area contributed by atoms with Gasteiger partial charge >= 0.3 is 5.97 Å². The summed E-state index contributed by atoms with van der Waals surface area (Å²) in [6.45, 7) is 4.78. The van der Waals surface area contributed by atoms with E-state index in [1.165, 1.54) is 14.0 Å². The maximum absolute atomic E-state index is 11.7. The molecule has 1 aliphatic heterocycles. The number of amides is 1. The fourth-order valence-electron chi connectivity index (χ4n) is 3.21. The SMILES string of the molecule is CCc1cnc(-c2cnc(N3CCC(C(=O)OC)CC3)c(NC(C)=O)c2)o1. The number of methoxy groups -OCH3 is 1. The van der Waals surface area contributed by atoms with Crippen molar-refractivity contribution < 1.29 is 18.7 Å². The molecule has 1 aliphatic rings. The molecule has 0 bridgehead atoms. The van der Waals surface area contributed by atoms with E-state index >= 15 is 0 Å². The molecule has 144 valence electrons. The quantitative estimate of drug-likeness (QED) is 0.806. The summed E-state index contributed by atoms with van der Waals surface area (Å²) >= 11 is 0. The van der Waals surface area contributed by atoms with Gasteiger partial charge in [-0.25, -0.2) is 9.97 Å². The van der Waals surface area contributed by atoms with Crippen LogP contribution in [-0.4, -0.2) is 42.0 Å². The van der Waals surface area contributed by atoms with E-state index in [0.29, 0.717) is 48.9 Å². The molecular weight excluding hydrogens is 348 g/mol. The van der Waals surface area contributed by atoms with Crippen LogP contribution in [0, 0.1) is 5.92 Å². The van der Waals surface area contributed by atoms with E-state index in [-0.39, 0.29) is 17.8 Å². The van der Waals surface area contributed by atoms with Crippen molar-refractivity contribution in [3.05, 3.63) is 24.2 Å². The summed E-state index contributed by atoms with van der Waals surface area (Å²) in [6.07, 6.45) is 5.52. The molecule has 1 N–H and O–H groups in total. The van der Waals surface area contributed by atoms with Gasteiger partial charge in [0, 0.05) is 32.6 Å². The number of nitrogens with zero attached hydrogens (tertiary/aromatic N) is 3. The minimum Gasteiger partial charge on any atom is -0.469 e. The Labute approximate surface area is 157 Å². The number of nitrogens with one attached hydrogen (secondary N) is 1. The number of oxazole rings is 1. The number of carbonyl (C=O) groups excluding carboxylic acids is 2. The van der Waals surface area contributed by atoms with Crippen LogP contribution in [0.4, 0.5) is 11.5 Å². The van der Waals surface area contributed by atoms with Gasteiger partial charge in [0.2, 0.25) is 11.8 Å². The van der Waals surface area contributed by atoms with E-state index in [0.717, 1.165) is 12.2 Å². The van der Waals surface area contributed by atoms with Gasteiger partial charge in [-0.05, 0) is 18.9 Å². The molecule has 3 rings (SSSR count). The van der Waals surface area contributed by atoms with Gasteiger partial charge in [-0.2, -0.15) is 0 Å². The summed E-state index contributed by atoms with van der Waals surface area (Å²) < 4.78 is 10.5. The molecule has 2 aromatic rings. The van der Waals surface area contributed by atoms with Crippen molar-refractivity contribution in [3.8, 4) is 11.5 Å². The lowest BCUT2D eigenvalue weighted by Crippen LogP contribution is -2.37. The highest BCUT2D eigenvalue weighted by molar-refractivity contribution is 5.93. The van der Waals surface area contributed by atoms with Gasteiger partial charge in [-0.1, -0.05) is 6.92 Å². The molecule has 8 nitrogen and oxygen atoms in total. The smallest absolute Gasteiger partial charge is 0.308 e. The van der Waals surface area contributed by atoms with Crippen molar-refractivity contribution >= 4 is 23.4 Å². The molecular formula is C19H24N4O4. The van der Waals surface area contributed by atoms with Crippen LogP contribution in [0.5, 0.6) is 0 Å². The van der Waals surface area contributed by atoms with Crippen LogP contribution in [0.15, 0.2) is 22.9 Å². The number of esters is 1. The third kappa shape index (κ3) is 4.27. The summed E-state index contributed by atoms with van der Waals surface area (Å²) in [5, 5.41) is 2.84. The lowest BCUT2D eigenvalue weighted by atomic mass is 9.97. The van der Waals surface area contributed by atoms with Gasteiger partial charge in [0.05, 0.1) is 30.5 Å². The second kappa shape index (κ2) is 8.20. The van der Waals surface area contributed by atoms with Crippen LogP contribution < -0.4 is 10.2 Å². The topological polar surface area (TPSA) is 97.6 Å². The highest BCUT2D eigenvalue weighted by atomic mass is 16.5. The zero-order valence-corrected chi connectivity index (χ0v) is 15.8.